The molecule has 1 aliphatic rings. The van der Waals surface area contributed by atoms with Gasteiger partial charge in [-0.3, -0.25) is 4.98 Å². The average Bonchev–Trinajstić information content (AvgIpc) is 2.47. The fourth-order valence-corrected chi connectivity index (χ4v) is 2.98. The van der Waals surface area contributed by atoms with Gasteiger partial charge in [-0.15, -0.1) is 11.8 Å². The largest absolute Gasteiger partial charge is 0.485 e. The highest BCUT2D eigenvalue weighted by Gasteiger charge is 2.27. The lowest BCUT2D eigenvalue weighted by atomic mass is 10.1. The zero-order chi connectivity index (χ0) is 12.4. The molecule has 1 aliphatic heterocycles. The van der Waals surface area contributed by atoms with Gasteiger partial charge in [0.1, 0.15) is 18.0 Å². The van der Waals surface area contributed by atoms with E-state index in [-0.39, 0.29) is 6.10 Å². The van der Waals surface area contributed by atoms with Crippen LogP contribution >= 0.6 is 11.8 Å². The lowest BCUT2D eigenvalue weighted by Crippen LogP contribution is -2.30. The normalized spacial score (nSPS) is 19.7. The highest BCUT2D eigenvalue weighted by atomic mass is 32.2. The summed E-state index contributed by atoms with van der Waals surface area (Å²) in [4.78, 5) is 5.15. The molecule has 18 heavy (non-hydrogen) atoms. The second-order valence-corrected chi connectivity index (χ2v) is 5.21. The maximum Gasteiger partial charge on any atom is 0.138 e. The molecule has 1 N–H and O–H groups in total. The van der Waals surface area contributed by atoms with Crippen LogP contribution in [0, 0.1) is 0 Å². The van der Waals surface area contributed by atoms with E-state index in [1.54, 1.807) is 24.2 Å². The number of ether oxygens (including phenoxy) is 1. The van der Waals surface area contributed by atoms with Crippen molar-refractivity contribution in [2.45, 2.75) is 17.1 Å². The van der Waals surface area contributed by atoms with Crippen molar-refractivity contribution >= 4 is 11.8 Å². The summed E-state index contributed by atoms with van der Waals surface area (Å²) >= 11 is 1.71. The number of hydrogen-bond acceptors (Lipinski definition) is 4. The predicted octanol–water partition coefficient (Wildman–Crippen LogP) is 2.67. The molecule has 0 radical (unpaired) electrons. The third kappa shape index (κ3) is 2.21. The summed E-state index contributed by atoms with van der Waals surface area (Å²) < 4.78 is 5.85. The topological polar surface area (TPSA) is 42.4 Å². The molecule has 92 valence electrons. The van der Waals surface area contributed by atoms with Crippen molar-refractivity contribution in [2.75, 3.05) is 5.75 Å². The molecule has 2 aromatic rings. The van der Waals surface area contributed by atoms with E-state index in [4.69, 9.17) is 4.74 Å². The van der Waals surface area contributed by atoms with Crippen molar-refractivity contribution in [3.63, 3.8) is 0 Å². The van der Waals surface area contributed by atoms with Gasteiger partial charge in [0, 0.05) is 28.6 Å². The third-order valence-corrected chi connectivity index (χ3v) is 4.05. The lowest BCUT2D eigenvalue weighted by molar-refractivity contribution is 0.0455. The molecule has 2 heterocycles. The Hall–Kier alpha value is -1.52. The average molecular weight is 259 g/mol. The van der Waals surface area contributed by atoms with Crippen molar-refractivity contribution in [1.29, 1.82) is 0 Å². The molecule has 0 fully saturated rings. The molecule has 0 saturated carbocycles. The summed E-state index contributed by atoms with van der Waals surface area (Å²) in [5, 5.41) is 10.3. The Labute approximate surface area is 110 Å². The molecular formula is C14H13NO2S. The first-order valence-corrected chi connectivity index (χ1v) is 6.79. The Morgan fingerprint density at radius 1 is 1.28 bits per heavy atom. The van der Waals surface area contributed by atoms with E-state index in [0.29, 0.717) is 0 Å². The van der Waals surface area contributed by atoms with Crippen LogP contribution < -0.4 is 4.74 Å². The number of benzene rings is 1. The molecular weight excluding hydrogens is 246 g/mol. The van der Waals surface area contributed by atoms with Gasteiger partial charge in [0.25, 0.3) is 0 Å². The van der Waals surface area contributed by atoms with Gasteiger partial charge in [-0.2, -0.15) is 0 Å². The Morgan fingerprint density at radius 3 is 3.00 bits per heavy atom. The summed E-state index contributed by atoms with van der Waals surface area (Å²) in [6, 6.07) is 11.6. The number of thioether (sulfide) groups is 1. The van der Waals surface area contributed by atoms with E-state index in [1.807, 2.05) is 36.4 Å². The summed E-state index contributed by atoms with van der Waals surface area (Å²) in [5.41, 5.74) is 0.794. The number of pyridine rings is 1. The van der Waals surface area contributed by atoms with Crippen LogP contribution in [0.15, 0.2) is 53.7 Å². The van der Waals surface area contributed by atoms with E-state index >= 15 is 0 Å². The minimum absolute atomic E-state index is 0.228. The molecule has 0 amide bonds. The number of nitrogens with zero attached hydrogens (tertiary/aromatic N) is 1. The Kier molecular flexibility index (Phi) is 3.21. The van der Waals surface area contributed by atoms with Crippen molar-refractivity contribution in [1.82, 2.24) is 4.98 Å². The predicted molar refractivity (Wildman–Crippen MR) is 70.8 cm³/mol. The second-order valence-electron chi connectivity index (χ2n) is 4.15. The maximum absolute atomic E-state index is 10.3. The Morgan fingerprint density at radius 2 is 2.17 bits per heavy atom. The standard InChI is InChI=1S/C14H13NO2S/c16-14(10-4-3-7-15-8-10)12-9-18-13-6-2-1-5-11(13)17-12/h1-8,12,14,16H,9H2. The summed E-state index contributed by atoms with van der Waals surface area (Å²) in [6.45, 7) is 0. The second kappa shape index (κ2) is 5.00. The fraction of sp³-hybridized carbons (Fsp3) is 0.214. The maximum atomic E-state index is 10.3. The quantitative estimate of drug-likeness (QED) is 0.900. The summed E-state index contributed by atoms with van der Waals surface area (Å²) in [7, 11) is 0. The first-order valence-electron chi connectivity index (χ1n) is 5.81. The first-order chi connectivity index (χ1) is 8.84. The number of fused-ring (bicyclic) bond motifs is 1. The minimum Gasteiger partial charge on any atom is -0.485 e. The summed E-state index contributed by atoms with van der Waals surface area (Å²) in [6.07, 6.45) is 2.51. The molecule has 2 unspecified atom stereocenters. The highest BCUT2D eigenvalue weighted by molar-refractivity contribution is 7.99. The van der Waals surface area contributed by atoms with E-state index in [2.05, 4.69) is 4.98 Å². The van der Waals surface area contributed by atoms with Gasteiger partial charge in [0.05, 0.1) is 0 Å². The number of para-hydroxylation sites is 1. The number of aromatic nitrogens is 1. The fourth-order valence-electron chi connectivity index (χ4n) is 1.96. The molecule has 4 heteroatoms. The van der Waals surface area contributed by atoms with Crippen molar-refractivity contribution < 1.29 is 9.84 Å². The van der Waals surface area contributed by atoms with Gasteiger partial charge in [-0.05, 0) is 18.2 Å². The van der Waals surface area contributed by atoms with Gasteiger partial charge in [-0.25, -0.2) is 0 Å². The van der Waals surface area contributed by atoms with Gasteiger partial charge >= 0.3 is 0 Å². The molecule has 0 aliphatic carbocycles. The van der Waals surface area contributed by atoms with Crippen molar-refractivity contribution in [2.24, 2.45) is 0 Å². The van der Waals surface area contributed by atoms with Gasteiger partial charge in [0.15, 0.2) is 0 Å². The highest BCUT2D eigenvalue weighted by Crippen LogP contribution is 2.38. The van der Waals surface area contributed by atoms with Crippen LogP contribution in [0.2, 0.25) is 0 Å². The lowest BCUT2D eigenvalue weighted by Gasteiger charge is -2.29. The number of hydrogen-bond donors (Lipinski definition) is 1. The number of aliphatic hydroxyl groups is 1. The van der Waals surface area contributed by atoms with Crippen LogP contribution in [-0.2, 0) is 0 Å². The first kappa shape index (κ1) is 11.6. The smallest absolute Gasteiger partial charge is 0.138 e. The third-order valence-electron chi connectivity index (χ3n) is 2.91. The molecule has 1 aromatic carbocycles. The minimum atomic E-state index is -0.639. The van der Waals surface area contributed by atoms with Crippen molar-refractivity contribution in [3.05, 3.63) is 54.4 Å². The van der Waals surface area contributed by atoms with E-state index in [9.17, 15) is 5.11 Å². The molecule has 0 spiro atoms. The van der Waals surface area contributed by atoms with Gasteiger partial charge in [0.2, 0.25) is 0 Å². The molecule has 0 bridgehead atoms. The number of aliphatic hydroxyl groups excluding tert-OH is 1. The Bertz CT molecular complexity index is 532. The number of rotatable bonds is 2. The van der Waals surface area contributed by atoms with Crippen molar-refractivity contribution in [3.8, 4) is 5.75 Å². The Balaban J connectivity index is 1.80. The van der Waals surface area contributed by atoms with Gasteiger partial charge in [-0.1, -0.05) is 18.2 Å². The zero-order valence-electron chi connectivity index (χ0n) is 9.69. The molecule has 2 atom stereocenters. The van der Waals surface area contributed by atoms with Crippen LogP contribution in [-0.4, -0.2) is 21.9 Å². The SMILES string of the molecule is OC(c1cccnc1)C1CSc2ccccc2O1. The van der Waals surface area contributed by atoms with E-state index in [1.165, 1.54) is 0 Å². The summed E-state index contributed by atoms with van der Waals surface area (Å²) in [5.74, 6) is 1.59. The monoisotopic (exact) mass is 259 g/mol. The van der Waals surface area contributed by atoms with Gasteiger partial charge < -0.3 is 9.84 Å². The van der Waals surface area contributed by atoms with Crippen LogP contribution in [0.3, 0.4) is 0 Å². The molecule has 1 aromatic heterocycles. The zero-order valence-corrected chi connectivity index (χ0v) is 10.5. The van der Waals surface area contributed by atoms with Crippen LogP contribution in [0.1, 0.15) is 11.7 Å². The van der Waals surface area contributed by atoms with Crippen LogP contribution in [0.4, 0.5) is 0 Å². The molecule has 3 rings (SSSR count). The molecule has 0 saturated heterocycles. The van der Waals surface area contributed by atoms with Crippen LogP contribution in [0.5, 0.6) is 5.75 Å². The molecule has 3 nitrogen and oxygen atoms in total. The van der Waals surface area contributed by atoms with Crippen LogP contribution in [0.25, 0.3) is 0 Å². The van der Waals surface area contributed by atoms with E-state index in [0.717, 1.165) is 22.0 Å². The van der Waals surface area contributed by atoms with E-state index < -0.39 is 6.10 Å².